The van der Waals surface area contributed by atoms with E-state index in [9.17, 15) is 0 Å². The highest BCUT2D eigenvalue weighted by Gasteiger charge is 2.11. The Morgan fingerprint density at radius 3 is 2.13 bits per heavy atom. The molecule has 0 aromatic heterocycles. The van der Waals surface area contributed by atoms with Crippen molar-refractivity contribution in [2.24, 2.45) is 0 Å². The molecule has 158 valence electrons. The van der Waals surface area contributed by atoms with Gasteiger partial charge in [-0.2, -0.15) is 0 Å². The van der Waals surface area contributed by atoms with Gasteiger partial charge >= 0.3 is 0 Å². The maximum Gasteiger partial charge on any atom is 0.164 e. The van der Waals surface area contributed by atoms with Gasteiger partial charge in [-0.05, 0) is 47.9 Å². The van der Waals surface area contributed by atoms with Crippen molar-refractivity contribution >= 4 is 0 Å². The van der Waals surface area contributed by atoms with Crippen molar-refractivity contribution in [3.63, 3.8) is 0 Å². The van der Waals surface area contributed by atoms with Gasteiger partial charge in [0, 0.05) is 12.6 Å². The molecule has 5 nitrogen and oxygen atoms in total. The van der Waals surface area contributed by atoms with E-state index in [1.165, 1.54) is 5.56 Å². The van der Waals surface area contributed by atoms with Crippen molar-refractivity contribution in [3.05, 3.63) is 83.4 Å². The van der Waals surface area contributed by atoms with E-state index in [1.807, 2.05) is 42.5 Å². The van der Waals surface area contributed by atoms with Crippen LogP contribution in [0, 0.1) is 0 Å². The number of hydrogen-bond acceptors (Lipinski definition) is 5. The Labute approximate surface area is 178 Å². The van der Waals surface area contributed by atoms with Gasteiger partial charge in [0.05, 0.1) is 21.3 Å². The van der Waals surface area contributed by atoms with Crippen molar-refractivity contribution in [3.8, 4) is 23.0 Å². The van der Waals surface area contributed by atoms with Crippen LogP contribution in [-0.4, -0.2) is 27.9 Å². The summed E-state index contributed by atoms with van der Waals surface area (Å²) in [6.07, 6.45) is 0.813. The first-order valence-corrected chi connectivity index (χ1v) is 9.98. The highest BCUT2D eigenvalue weighted by Crippen LogP contribution is 2.34. The van der Waals surface area contributed by atoms with Crippen LogP contribution in [0.4, 0.5) is 0 Å². The number of hydrogen-bond donors (Lipinski definition) is 1. The van der Waals surface area contributed by atoms with Gasteiger partial charge in [0.1, 0.15) is 18.1 Å². The molecule has 0 aliphatic rings. The predicted octanol–water partition coefficient (Wildman–Crippen LogP) is 4.62. The third kappa shape index (κ3) is 5.91. The molecule has 0 radical (unpaired) electrons. The van der Waals surface area contributed by atoms with Gasteiger partial charge in [-0.15, -0.1) is 0 Å². The monoisotopic (exact) mass is 407 g/mol. The molecule has 5 heteroatoms. The minimum atomic E-state index is 0.566. The molecule has 3 aromatic rings. The van der Waals surface area contributed by atoms with Crippen LogP contribution in [0.2, 0.25) is 0 Å². The molecule has 0 bridgehead atoms. The molecule has 0 aliphatic heterocycles. The van der Waals surface area contributed by atoms with Gasteiger partial charge in [0.2, 0.25) is 0 Å². The quantitative estimate of drug-likeness (QED) is 0.470. The lowest BCUT2D eigenvalue weighted by Gasteiger charge is -2.14. The van der Waals surface area contributed by atoms with Gasteiger partial charge in [-0.1, -0.05) is 42.5 Å². The van der Waals surface area contributed by atoms with Crippen LogP contribution in [0.15, 0.2) is 66.7 Å². The zero-order valence-electron chi connectivity index (χ0n) is 17.8. The summed E-state index contributed by atoms with van der Waals surface area (Å²) in [6, 6.07) is 22.2. The van der Waals surface area contributed by atoms with E-state index in [0.717, 1.165) is 42.1 Å². The molecule has 0 unspecified atom stereocenters. The number of nitrogens with one attached hydrogen (secondary N) is 1. The highest BCUT2D eigenvalue weighted by molar-refractivity contribution is 5.50. The van der Waals surface area contributed by atoms with E-state index in [2.05, 4.69) is 29.6 Å². The van der Waals surface area contributed by atoms with Crippen molar-refractivity contribution in [2.75, 3.05) is 27.9 Å². The Bertz CT molecular complexity index is 928. The topological polar surface area (TPSA) is 49.0 Å². The SMILES string of the molecule is COc1cc(OC)c(OC)cc1CCNCc1cccc(OCc2ccccc2)c1. The van der Waals surface area contributed by atoms with Crippen molar-refractivity contribution in [1.82, 2.24) is 5.32 Å². The summed E-state index contributed by atoms with van der Waals surface area (Å²) in [4.78, 5) is 0. The normalized spacial score (nSPS) is 10.5. The lowest BCUT2D eigenvalue weighted by Crippen LogP contribution is -2.17. The molecule has 0 saturated heterocycles. The molecule has 0 spiro atoms. The Hall–Kier alpha value is -3.18. The maximum absolute atomic E-state index is 5.92. The molecule has 0 atom stereocenters. The van der Waals surface area contributed by atoms with E-state index in [0.29, 0.717) is 18.1 Å². The molecule has 3 aromatic carbocycles. The second kappa shape index (κ2) is 11.1. The average Bonchev–Trinajstić information content (AvgIpc) is 2.81. The smallest absolute Gasteiger partial charge is 0.164 e. The van der Waals surface area contributed by atoms with E-state index >= 15 is 0 Å². The number of benzene rings is 3. The zero-order valence-corrected chi connectivity index (χ0v) is 17.8. The van der Waals surface area contributed by atoms with Crippen molar-refractivity contribution < 1.29 is 18.9 Å². The molecule has 0 aliphatic carbocycles. The molecule has 0 heterocycles. The molecule has 0 fully saturated rings. The standard InChI is InChI=1S/C25H29NO4/c1-27-23-16-25(29-3)24(28-2)15-21(23)12-13-26-17-20-10-7-11-22(14-20)30-18-19-8-5-4-6-9-19/h4-11,14-16,26H,12-13,17-18H2,1-3H3. The Morgan fingerprint density at radius 1 is 0.700 bits per heavy atom. The number of ether oxygens (including phenoxy) is 4. The first-order chi connectivity index (χ1) is 14.7. The molecular weight excluding hydrogens is 378 g/mol. The average molecular weight is 408 g/mol. The van der Waals surface area contributed by atoms with E-state index in [4.69, 9.17) is 18.9 Å². The number of methoxy groups -OCH3 is 3. The summed E-state index contributed by atoms with van der Waals surface area (Å²) < 4.78 is 22.2. The fourth-order valence-corrected chi connectivity index (χ4v) is 3.23. The molecular formula is C25H29NO4. The van der Waals surface area contributed by atoms with Crippen LogP contribution in [0.5, 0.6) is 23.0 Å². The minimum Gasteiger partial charge on any atom is -0.496 e. The summed E-state index contributed by atoms with van der Waals surface area (Å²) in [5.41, 5.74) is 3.41. The number of rotatable bonds is 11. The first-order valence-electron chi connectivity index (χ1n) is 9.98. The molecule has 30 heavy (non-hydrogen) atoms. The van der Waals surface area contributed by atoms with Gasteiger partial charge in [0.15, 0.2) is 11.5 Å². The lowest BCUT2D eigenvalue weighted by atomic mass is 10.1. The Morgan fingerprint density at radius 2 is 1.40 bits per heavy atom. The van der Waals surface area contributed by atoms with Gasteiger partial charge in [0.25, 0.3) is 0 Å². The third-order valence-corrected chi connectivity index (χ3v) is 4.83. The fraction of sp³-hybridized carbons (Fsp3) is 0.280. The fourth-order valence-electron chi connectivity index (χ4n) is 3.23. The maximum atomic E-state index is 5.92. The van der Waals surface area contributed by atoms with Crippen LogP contribution in [0.1, 0.15) is 16.7 Å². The highest BCUT2D eigenvalue weighted by atomic mass is 16.5. The Kier molecular flexibility index (Phi) is 7.98. The van der Waals surface area contributed by atoms with Gasteiger partial charge in [-0.3, -0.25) is 0 Å². The van der Waals surface area contributed by atoms with Crippen LogP contribution in [-0.2, 0) is 19.6 Å². The summed E-state index contributed by atoms with van der Waals surface area (Å²) >= 11 is 0. The summed E-state index contributed by atoms with van der Waals surface area (Å²) in [7, 11) is 4.93. The van der Waals surface area contributed by atoms with Crippen LogP contribution in [0.3, 0.4) is 0 Å². The summed E-state index contributed by atoms with van der Waals surface area (Å²) in [5, 5.41) is 3.49. The third-order valence-electron chi connectivity index (χ3n) is 4.83. The van der Waals surface area contributed by atoms with E-state index in [-0.39, 0.29) is 0 Å². The van der Waals surface area contributed by atoms with E-state index < -0.39 is 0 Å². The molecule has 3 rings (SSSR count). The predicted molar refractivity (Wildman–Crippen MR) is 119 cm³/mol. The summed E-state index contributed by atoms with van der Waals surface area (Å²) in [5.74, 6) is 3.04. The second-order valence-corrected chi connectivity index (χ2v) is 6.87. The summed E-state index contributed by atoms with van der Waals surface area (Å²) in [6.45, 7) is 2.13. The second-order valence-electron chi connectivity index (χ2n) is 6.87. The van der Waals surface area contributed by atoms with Crippen LogP contribution >= 0.6 is 0 Å². The van der Waals surface area contributed by atoms with Crippen molar-refractivity contribution in [2.45, 2.75) is 19.6 Å². The zero-order chi connectivity index (χ0) is 21.2. The minimum absolute atomic E-state index is 0.566. The van der Waals surface area contributed by atoms with Crippen LogP contribution < -0.4 is 24.3 Å². The first kappa shape index (κ1) is 21.5. The molecule has 0 saturated carbocycles. The lowest BCUT2D eigenvalue weighted by molar-refractivity contribution is 0.306. The van der Waals surface area contributed by atoms with Gasteiger partial charge < -0.3 is 24.3 Å². The Balaban J connectivity index is 1.52. The van der Waals surface area contributed by atoms with Gasteiger partial charge in [-0.25, -0.2) is 0 Å². The largest absolute Gasteiger partial charge is 0.496 e. The molecule has 0 amide bonds. The van der Waals surface area contributed by atoms with E-state index in [1.54, 1.807) is 21.3 Å². The van der Waals surface area contributed by atoms with Crippen LogP contribution in [0.25, 0.3) is 0 Å². The molecule has 1 N–H and O–H groups in total. The van der Waals surface area contributed by atoms with Crippen molar-refractivity contribution in [1.29, 1.82) is 0 Å².